The number of hydrogen-bond acceptors (Lipinski definition) is 7. The van der Waals surface area contributed by atoms with Gasteiger partial charge in [0.2, 0.25) is 11.8 Å². The number of nitrogen functional groups attached to an aromatic ring is 1. The number of benzene rings is 2. The van der Waals surface area contributed by atoms with Crippen LogP contribution in [0.2, 0.25) is 0 Å². The normalized spacial score (nSPS) is 18.8. The Balaban J connectivity index is 1.56. The highest BCUT2D eigenvalue weighted by atomic mass is 19.1. The highest BCUT2D eigenvalue weighted by Crippen LogP contribution is 2.30. The van der Waals surface area contributed by atoms with Crippen LogP contribution in [0, 0.1) is 5.82 Å². The van der Waals surface area contributed by atoms with E-state index in [2.05, 4.69) is 5.32 Å². The molecule has 7 N–H and O–H groups in total. The second kappa shape index (κ2) is 7.73. The van der Waals surface area contributed by atoms with Gasteiger partial charge in [-0.1, -0.05) is 0 Å². The fraction of sp³-hybridized carbons (Fsp3) is 0.190. The molecule has 0 aromatic heterocycles. The summed E-state index contributed by atoms with van der Waals surface area (Å²) in [7, 11) is 0. The number of piperidine rings is 1. The van der Waals surface area contributed by atoms with Crippen molar-refractivity contribution >= 4 is 34.8 Å². The Morgan fingerprint density at radius 3 is 2.71 bits per heavy atom. The molecule has 0 radical (unpaired) electrons. The average molecular weight is 424 g/mol. The largest absolute Gasteiger partial charge is 0.398 e. The number of anilines is 2. The van der Waals surface area contributed by atoms with Crippen LogP contribution in [0.1, 0.15) is 34.3 Å². The van der Waals surface area contributed by atoms with Crippen LogP contribution in [-0.4, -0.2) is 28.7 Å². The molecule has 0 bridgehead atoms. The van der Waals surface area contributed by atoms with Crippen molar-refractivity contribution in [2.45, 2.75) is 25.4 Å². The number of carbonyl (C=O) groups excluding carboxylic acids is 3. The summed E-state index contributed by atoms with van der Waals surface area (Å²) in [4.78, 5) is 37.8. The van der Waals surface area contributed by atoms with Crippen molar-refractivity contribution in [3.8, 4) is 0 Å². The Kier molecular flexibility index (Phi) is 5.07. The van der Waals surface area contributed by atoms with Gasteiger partial charge < -0.3 is 16.4 Å². The lowest BCUT2D eigenvalue weighted by molar-refractivity contribution is -0.136. The number of halogens is 1. The monoisotopic (exact) mass is 424 g/mol. The Bertz CT molecular complexity index is 1130. The van der Waals surface area contributed by atoms with Gasteiger partial charge in [-0.25, -0.2) is 10.2 Å². The molecule has 1 atom stereocenters. The first-order valence-corrected chi connectivity index (χ1v) is 9.59. The summed E-state index contributed by atoms with van der Waals surface area (Å²) in [5.41, 5.74) is 14.4. The van der Waals surface area contributed by atoms with E-state index in [1.165, 1.54) is 34.3 Å². The van der Waals surface area contributed by atoms with Crippen molar-refractivity contribution in [2.24, 2.45) is 11.6 Å². The predicted octanol–water partition coefficient (Wildman–Crippen LogP) is 0.806. The molecule has 0 saturated carbocycles. The summed E-state index contributed by atoms with van der Waals surface area (Å²) >= 11 is 0. The van der Waals surface area contributed by atoms with E-state index in [-0.39, 0.29) is 36.9 Å². The first-order valence-electron chi connectivity index (χ1n) is 9.59. The zero-order chi connectivity index (χ0) is 22.3. The van der Waals surface area contributed by atoms with E-state index in [1.54, 1.807) is 18.2 Å². The van der Waals surface area contributed by atoms with Crippen LogP contribution < -0.4 is 27.6 Å². The molecule has 1 saturated heterocycles. The van der Waals surface area contributed by atoms with Gasteiger partial charge in [0.15, 0.2) is 0 Å². The maximum Gasteiger partial charge on any atom is 0.255 e. The van der Waals surface area contributed by atoms with E-state index in [0.29, 0.717) is 28.1 Å². The van der Waals surface area contributed by atoms with E-state index in [9.17, 15) is 18.8 Å². The molecule has 10 heteroatoms. The summed E-state index contributed by atoms with van der Waals surface area (Å²) in [6.45, 7) is 0.220. The fourth-order valence-electron chi connectivity index (χ4n) is 3.79. The topological polar surface area (TPSA) is 148 Å². The standard InChI is InChI=1S/C21H21FN6O3/c22-12-1-4-16(23)15(8-12)17(24)10-28(25)13-2-3-14-11(7-13)9-27(21(14)31)18-5-6-19(29)26-20(18)30/h1-4,7-8,10,18H,5-6,9,23-25H2,(H,26,29,30)/b17-10-. The number of imide groups is 1. The number of amides is 3. The summed E-state index contributed by atoms with van der Waals surface area (Å²) in [5, 5.41) is 3.52. The van der Waals surface area contributed by atoms with Gasteiger partial charge >= 0.3 is 0 Å². The lowest BCUT2D eigenvalue weighted by atomic mass is 10.0. The van der Waals surface area contributed by atoms with Crippen LogP contribution in [0.5, 0.6) is 0 Å². The zero-order valence-electron chi connectivity index (χ0n) is 16.5. The summed E-state index contributed by atoms with van der Waals surface area (Å²) in [6, 6.07) is 8.16. The van der Waals surface area contributed by atoms with Gasteiger partial charge in [-0.3, -0.25) is 24.7 Å². The van der Waals surface area contributed by atoms with Crippen molar-refractivity contribution in [3.63, 3.8) is 0 Å². The van der Waals surface area contributed by atoms with Crippen molar-refractivity contribution in [2.75, 3.05) is 10.7 Å². The molecule has 2 aliphatic rings. The predicted molar refractivity (Wildman–Crippen MR) is 112 cm³/mol. The average Bonchev–Trinajstić information content (AvgIpc) is 3.05. The second-order valence-electron chi connectivity index (χ2n) is 7.46. The number of fused-ring (bicyclic) bond motifs is 1. The van der Waals surface area contributed by atoms with Crippen LogP contribution in [0.3, 0.4) is 0 Å². The molecule has 160 valence electrons. The fourth-order valence-corrected chi connectivity index (χ4v) is 3.79. The first kappa shape index (κ1) is 20.4. The minimum Gasteiger partial charge on any atom is -0.398 e. The van der Waals surface area contributed by atoms with Crippen molar-refractivity contribution in [1.29, 1.82) is 0 Å². The van der Waals surface area contributed by atoms with Gasteiger partial charge in [-0.05, 0) is 48.4 Å². The van der Waals surface area contributed by atoms with Crippen molar-refractivity contribution < 1.29 is 18.8 Å². The Morgan fingerprint density at radius 1 is 1.19 bits per heavy atom. The Hall–Kier alpha value is -3.92. The Morgan fingerprint density at radius 2 is 1.97 bits per heavy atom. The maximum absolute atomic E-state index is 13.5. The molecule has 31 heavy (non-hydrogen) atoms. The van der Waals surface area contributed by atoms with Crippen LogP contribution >= 0.6 is 0 Å². The molecule has 2 aromatic carbocycles. The third-order valence-corrected chi connectivity index (χ3v) is 5.41. The number of nitrogens with one attached hydrogen (secondary N) is 1. The lowest BCUT2D eigenvalue weighted by Crippen LogP contribution is -2.52. The minimum atomic E-state index is -0.693. The molecule has 2 heterocycles. The van der Waals surface area contributed by atoms with Gasteiger partial charge in [-0.15, -0.1) is 0 Å². The molecule has 2 aromatic rings. The van der Waals surface area contributed by atoms with E-state index < -0.39 is 17.8 Å². The molecule has 2 aliphatic heterocycles. The van der Waals surface area contributed by atoms with Crippen LogP contribution in [0.4, 0.5) is 15.8 Å². The summed E-state index contributed by atoms with van der Waals surface area (Å²) < 4.78 is 13.5. The smallest absolute Gasteiger partial charge is 0.255 e. The van der Waals surface area contributed by atoms with Crippen LogP contribution in [0.15, 0.2) is 42.6 Å². The number of rotatable bonds is 4. The van der Waals surface area contributed by atoms with E-state index in [4.69, 9.17) is 17.3 Å². The first-order chi connectivity index (χ1) is 14.7. The molecule has 0 spiro atoms. The van der Waals surface area contributed by atoms with E-state index in [1.807, 2.05) is 0 Å². The second-order valence-corrected chi connectivity index (χ2v) is 7.46. The molecule has 3 amide bonds. The molecule has 0 aliphatic carbocycles. The maximum atomic E-state index is 13.5. The van der Waals surface area contributed by atoms with Crippen molar-refractivity contribution in [1.82, 2.24) is 10.2 Å². The number of nitrogens with two attached hydrogens (primary N) is 3. The van der Waals surface area contributed by atoms with Gasteiger partial charge in [-0.2, -0.15) is 0 Å². The van der Waals surface area contributed by atoms with Gasteiger partial charge in [0.25, 0.3) is 5.91 Å². The van der Waals surface area contributed by atoms with Crippen LogP contribution in [0.25, 0.3) is 5.70 Å². The van der Waals surface area contributed by atoms with Gasteiger partial charge in [0, 0.05) is 36.0 Å². The molecule has 9 nitrogen and oxygen atoms in total. The molecule has 1 unspecified atom stereocenters. The van der Waals surface area contributed by atoms with Gasteiger partial charge in [0.05, 0.1) is 11.4 Å². The van der Waals surface area contributed by atoms with Gasteiger partial charge in [0.1, 0.15) is 11.9 Å². The number of hydrazine groups is 1. The molecule has 1 fully saturated rings. The third kappa shape index (κ3) is 3.80. The van der Waals surface area contributed by atoms with E-state index in [0.717, 1.165) is 0 Å². The number of carbonyl (C=O) groups is 3. The number of hydrogen-bond donors (Lipinski definition) is 4. The third-order valence-electron chi connectivity index (χ3n) is 5.41. The highest BCUT2D eigenvalue weighted by molar-refractivity contribution is 6.05. The zero-order valence-corrected chi connectivity index (χ0v) is 16.5. The quantitative estimate of drug-likeness (QED) is 0.246. The molecular formula is C21H21FN6O3. The minimum absolute atomic E-state index is 0.168. The van der Waals surface area contributed by atoms with Crippen LogP contribution in [-0.2, 0) is 16.1 Å². The molecule has 4 rings (SSSR count). The Labute approximate surface area is 177 Å². The summed E-state index contributed by atoms with van der Waals surface area (Å²) in [5.74, 6) is 4.54. The number of nitrogens with zero attached hydrogens (tertiary/aromatic N) is 2. The molecular weight excluding hydrogens is 403 g/mol. The highest BCUT2D eigenvalue weighted by Gasteiger charge is 2.39. The van der Waals surface area contributed by atoms with E-state index >= 15 is 0 Å². The van der Waals surface area contributed by atoms with Crippen molar-refractivity contribution in [3.05, 3.63) is 65.1 Å². The lowest BCUT2D eigenvalue weighted by Gasteiger charge is -2.29. The SMILES string of the molecule is N/C(=C\N(N)c1ccc2c(c1)CN(C1CCC(=O)NC1=O)C2=O)c1cc(F)ccc1N. The summed E-state index contributed by atoms with van der Waals surface area (Å²) in [6.07, 6.45) is 1.88.